The molecule has 2 N–H and O–H groups in total. The van der Waals surface area contributed by atoms with Gasteiger partial charge in [-0.1, -0.05) is 24.6 Å². The lowest BCUT2D eigenvalue weighted by Crippen LogP contribution is -2.46. The number of nitrogens with zero attached hydrogens (tertiary/aromatic N) is 1. The lowest BCUT2D eigenvalue weighted by molar-refractivity contribution is 0.0917. The molecule has 2 aromatic carbocycles. The van der Waals surface area contributed by atoms with Gasteiger partial charge in [-0.3, -0.25) is 14.4 Å². The highest BCUT2D eigenvalue weighted by molar-refractivity contribution is 7.92. The van der Waals surface area contributed by atoms with E-state index in [4.69, 9.17) is 0 Å². The molecule has 2 atom stereocenters. The van der Waals surface area contributed by atoms with Gasteiger partial charge in [-0.2, -0.15) is 0 Å². The molecule has 1 heterocycles. The van der Waals surface area contributed by atoms with Crippen LogP contribution in [-0.4, -0.2) is 44.9 Å². The van der Waals surface area contributed by atoms with E-state index >= 15 is 0 Å². The minimum atomic E-state index is -3.70. The van der Waals surface area contributed by atoms with Crippen molar-refractivity contribution in [3.8, 4) is 0 Å². The zero-order valence-electron chi connectivity index (χ0n) is 17.9. The Morgan fingerprint density at radius 2 is 1.80 bits per heavy atom. The van der Waals surface area contributed by atoms with Crippen LogP contribution in [0.3, 0.4) is 0 Å². The maximum absolute atomic E-state index is 12.6. The van der Waals surface area contributed by atoms with Crippen molar-refractivity contribution in [3.63, 3.8) is 0 Å². The van der Waals surface area contributed by atoms with E-state index in [0.29, 0.717) is 23.7 Å². The first-order chi connectivity index (χ1) is 14.2. The van der Waals surface area contributed by atoms with Crippen LogP contribution in [0.2, 0.25) is 0 Å². The third-order valence-corrected chi connectivity index (χ3v) is 7.00. The number of aryl methyl sites for hydroxylation is 1. The average molecular weight is 430 g/mol. The van der Waals surface area contributed by atoms with E-state index < -0.39 is 10.0 Å². The van der Waals surface area contributed by atoms with Crippen molar-refractivity contribution in [2.24, 2.45) is 5.92 Å². The van der Waals surface area contributed by atoms with Gasteiger partial charge in [0.25, 0.3) is 15.9 Å². The second-order valence-electron chi connectivity index (χ2n) is 8.30. The summed E-state index contributed by atoms with van der Waals surface area (Å²) in [5, 5.41) is 2.97. The van der Waals surface area contributed by atoms with Gasteiger partial charge in [0.15, 0.2) is 0 Å². The Morgan fingerprint density at radius 1 is 1.13 bits per heavy atom. The molecule has 0 aliphatic carbocycles. The van der Waals surface area contributed by atoms with Gasteiger partial charge in [-0.05, 0) is 75.5 Å². The Hall–Kier alpha value is -2.38. The molecule has 2 unspecified atom stereocenters. The number of amides is 1. The summed E-state index contributed by atoms with van der Waals surface area (Å²) in [6.45, 7) is 9.04. The van der Waals surface area contributed by atoms with Crippen molar-refractivity contribution in [2.45, 2.75) is 44.6 Å². The minimum Gasteiger partial charge on any atom is -0.350 e. The Bertz CT molecular complexity index is 956. The minimum absolute atomic E-state index is 0.121. The maximum Gasteiger partial charge on any atom is 0.261 e. The summed E-state index contributed by atoms with van der Waals surface area (Å²) in [5.41, 5.74) is 2.00. The van der Waals surface area contributed by atoms with Gasteiger partial charge >= 0.3 is 0 Å². The van der Waals surface area contributed by atoms with Gasteiger partial charge in [-0.25, -0.2) is 8.42 Å². The van der Waals surface area contributed by atoms with E-state index in [2.05, 4.69) is 28.8 Å². The first-order valence-corrected chi connectivity index (χ1v) is 11.9. The predicted molar refractivity (Wildman–Crippen MR) is 120 cm³/mol. The number of sulfonamides is 1. The van der Waals surface area contributed by atoms with Crippen LogP contribution < -0.4 is 10.0 Å². The van der Waals surface area contributed by atoms with Crippen molar-refractivity contribution in [1.82, 2.24) is 10.2 Å². The number of piperidine rings is 1. The van der Waals surface area contributed by atoms with Crippen LogP contribution in [0.25, 0.3) is 0 Å². The first-order valence-electron chi connectivity index (χ1n) is 10.5. The number of carbonyl (C=O) groups excluding carboxylic acids is 1. The van der Waals surface area contributed by atoms with Crippen molar-refractivity contribution >= 4 is 21.6 Å². The Morgan fingerprint density at radius 3 is 2.43 bits per heavy atom. The molecule has 0 spiro atoms. The van der Waals surface area contributed by atoms with E-state index in [1.165, 1.54) is 25.0 Å². The molecule has 162 valence electrons. The average Bonchev–Trinajstić information content (AvgIpc) is 2.73. The third kappa shape index (κ3) is 5.83. The fraction of sp³-hybridized carbons (Fsp3) is 0.435. The number of hydrogen-bond acceptors (Lipinski definition) is 4. The summed E-state index contributed by atoms with van der Waals surface area (Å²) < 4.78 is 27.7. The number of carbonyl (C=O) groups is 1. The van der Waals surface area contributed by atoms with Gasteiger partial charge in [0.2, 0.25) is 0 Å². The molecule has 0 radical (unpaired) electrons. The number of anilines is 1. The summed E-state index contributed by atoms with van der Waals surface area (Å²) in [6.07, 6.45) is 2.47. The number of likely N-dealkylation sites (tertiary alicyclic amines) is 1. The van der Waals surface area contributed by atoms with Crippen LogP contribution in [0.15, 0.2) is 53.4 Å². The summed E-state index contributed by atoms with van der Waals surface area (Å²) in [4.78, 5) is 15.0. The molecule has 6 nitrogen and oxygen atoms in total. The molecular weight excluding hydrogens is 398 g/mol. The SMILES string of the molecule is Cc1ccc(NS(=O)(=O)c2ccc(C(=O)NCC(C)N3CCCC(C)C3)cc2)cc1. The lowest BCUT2D eigenvalue weighted by atomic mass is 9.99. The molecule has 0 aromatic heterocycles. The van der Waals surface area contributed by atoms with E-state index in [0.717, 1.165) is 18.7 Å². The number of benzene rings is 2. The Balaban J connectivity index is 1.57. The zero-order chi connectivity index (χ0) is 21.7. The van der Waals surface area contributed by atoms with Crippen LogP contribution in [0.1, 0.15) is 42.6 Å². The zero-order valence-corrected chi connectivity index (χ0v) is 18.7. The van der Waals surface area contributed by atoms with E-state index in [1.54, 1.807) is 24.3 Å². The highest BCUT2D eigenvalue weighted by Crippen LogP contribution is 2.18. The van der Waals surface area contributed by atoms with Crippen molar-refractivity contribution < 1.29 is 13.2 Å². The molecule has 2 aromatic rings. The van der Waals surface area contributed by atoms with Crippen LogP contribution in [0.5, 0.6) is 0 Å². The number of nitrogens with one attached hydrogen (secondary N) is 2. The summed E-state index contributed by atoms with van der Waals surface area (Å²) in [7, 11) is -3.70. The van der Waals surface area contributed by atoms with Gasteiger partial charge < -0.3 is 5.32 Å². The molecular formula is C23H31N3O3S. The second-order valence-corrected chi connectivity index (χ2v) is 9.98. The summed E-state index contributed by atoms with van der Waals surface area (Å²) in [5.74, 6) is 0.502. The monoisotopic (exact) mass is 429 g/mol. The smallest absolute Gasteiger partial charge is 0.261 e. The van der Waals surface area contributed by atoms with Crippen LogP contribution in [0, 0.1) is 12.8 Å². The van der Waals surface area contributed by atoms with E-state index in [9.17, 15) is 13.2 Å². The summed E-state index contributed by atoms with van der Waals surface area (Å²) >= 11 is 0. The standard InChI is InChI=1S/C23H31N3O3S/c1-17-6-10-21(11-7-17)25-30(28,29)22-12-8-20(9-13-22)23(27)24-15-19(3)26-14-4-5-18(2)16-26/h6-13,18-19,25H,4-5,14-16H2,1-3H3,(H,24,27). The van der Waals surface area contributed by atoms with Crippen molar-refractivity contribution in [3.05, 3.63) is 59.7 Å². The predicted octanol–water partition coefficient (Wildman–Crippen LogP) is 3.65. The largest absolute Gasteiger partial charge is 0.350 e. The molecule has 1 aliphatic heterocycles. The molecule has 1 saturated heterocycles. The van der Waals surface area contributed by atoms with E-state index in [-0.39, 0.29) is 16.8 Å². The van der Waals surface area contributed by atoms with Crippen molar-refractivity contribution in [1.29, 1.82) is 0 Å². The molecule has 3 rings (SSSR count). The van der Waals surface area contributed by atoms with Crippen molar-refractivity contribution in [2.75, 3.05) is 24.4 Å². The molecule has 1 fully saturated rings. The van der Waals surface area contributed by atoms with Crippen LogP contribution >= 0.6 is 0 Å². The molecule has 1 amide bonds. The lowest BCUT2D eigenvalue weighted by Gasteiger charge is -2.35. The highest BCUT2D eigenvalue weighted by Gasteiger charge is 2.21. The van der Waals surface area contributed by atoms with Gasteiger partial charge in [-0.15, -0.1) is 0 Å². The summed E-state index contributed by atoms with van der Waals surface area (Å²) in [6, 6.07) is 13.4. The quantitative estimate of drug-likeness (QED) is 0.704. The molecule has 30 heavy (non-hydrogen) atoms. The normalized spacial score (nSPS) is 18.6. The van der Waals surface area contributed by atoms with Gasteiger partial charge in [0.1, 0.15) is 0 Å². The van der Waals surface area contributed by atoms with Gasteiger partial charge in [0.05, 0.1) is 4.90 Å². The topological polar surface area (TPSA) is 78.5 Å². The fourth-order valence-electron chi connectivity index (χ4n) is 3.72. The van der Waals surface area contributed by atoms with E-state index in [1.807, 2.05) is 19.1 Å². The highest BCUT2D eigenvalue weighted by atomic mass is 32.2. The van der Waals surface area contributed by atoms with Crippen LogP contribution in [0.4, 0.5) is 5.69 Å². The fourth-order valence-corrected chi connectivity index (χ4v) is 4.78. The number of rotatable bonds is 7. The Labute approximate surface area is 179 Å². The molecule has 1 aliphatic rings. The molecule has 7 heteroatoms. The van der Waals surface area contributed by atoms with Crippen LogP contribution in [-0.2, 0) is 10.0 Å². The Kier molecular flexibility index (Phi) is 7.15. The second kappa shape index (κ2) is 9.62. The van der Waals surface area contributed by atoms with Gasteiger partial charge in [0, 0.05) is 30.4 Å². The first kappa shape index (κ1) is 22.3. The maximum atomic E-state index is 12.6. The number of hydrogen-bond donors (Lipinski definition) is 2. The molecule has 0 bridgehead atoms. The third-order valence-electron chi connectivity index (χ3n) is 5.60. The molecule has 0 saturated carbocycles.